The van der Waals surface area contributed by atoms with Gasteiger partial charge in [-0.2, -0.15) is 0 Å². The standard InChI is InChI=1S/C10H10N2O5/c11-5-10(14)17-6-9(13)7-1-3-8(4-2-7)12(15)16/h1-4H,5-6,11H2. The van der Waals surface area contributed by atoms with Crippen LogP contribution in [-0.2, 0) is 9.53 Å². The molecule has 0 atom stereocenters. The second-order valence-corrected chi connectivity index (χ2v) is 3.09. The molecule has 0 saturated heterocycles. The average molecular weight is 238 g/mol. The molecule has 1 rings (SSSR count). The Morgan fingerprint density at radius 2 is 1.88 bits per heavy atom. The van der Waals surface area contributed by atoms with Crippen molar-refractivity contribution >= 4 is 17.4 Å². The highest BCUT2D eigenvalue weighted by Crippen LogP contribution is 2.12. The van der Waals surface area contributed by atoms with E-state index < -0.39 is 23.3 Å². The van der Waals surface area contributed by atoms with Gasteiger partial charge in [0.1, 0.15) is 0 Å². The number of rotatable bonds is 5. The molecule has 0 aromatic heterocycles. The molecule has 0 heterocycles. The highest BCUT2D eigenvalue weighted by molar-refractivity contribution is 5.98. The molecule has 0 bridgehead atoms. The molecular formula is C10H10N2O5. The second kappa shape index (κ2) is 5.71. The molecule has 0 spiro atoms. The molecule has 0 aliphatic carbocycles. The predicted octanol–water partition coefficient (Wildman–Crippen LogP) is 0.279. The maximum Gasteiger partial charge on any atom is 0.320 e. The number of ether oxygens (including phenoxy) is 1. The smallest absolute Gasteiger partial charge is 0.320 e. The summed E-state index contributed by atoms with van der Waals surface area (Å²) in [4.78, 5) is 32.0. The van der Waals surface area contributed by atoms with E-state index in [1.807, 2.05) is 0 Å². The van der Waals surface area contributed by atoms with Crippen molar-refractivity contribution in [2.24, 2.45) is 5.73 Å². The van der Waals surface area contributed by atoms with E-state index in [9.17, 15) is 19.7 Å². The van der Waals surface area contributed by atoms with Crippen LogP contribution in [-0.4, -0.2) is 29.8 Å². The number of benzene rings is 1. The van der Waals surface area contributed by atoms with Gasteiger partial charge in [-0.25, -0.2) is 0 Å². The summed E-state index contributed by atoms with van der Waals surface area (Å²) in [5, 5.41) is 10.4. The number of carbonyl (C=O) groups excluding carboxylic acids is 2. The number of non-ortho nitro benzene ring substituents is 1. The van der Waals surface area contributed by atoms with Crippen molar-refractivity contribution in [3.63, 3.8) is 0 Å². The molecule has 90 valence electrons. The Morgan fingerprint density at radius 3 is 2.35 bits per heavy atom. The molecule has 0 amide bonds. The molecular weight excluding hydrogens is 228 g/mol. The Bertz CT molecular complexity index is 441. The lowest BCUT2D eigenvalue weighted by Gasteiger charge is -2.02. The first-order valence-electron chi connectivity index (χ1n) is 4.68. The third-order valence-corrected chi connectivity index (χ3v) is 1.93. The zero-order chi connectivity index (χ0) is 12.8. The van der Waals surface area contributed by atoms with Gasteiger partial charge in [-0.05, 0) is 12.1 Å². The third kappa shape index (κ3) is 3.65. The molecule has 17 heavy (non-hydrogen) atoms. The maximum atomic E-state index is 11.5. The maximum absolute atomic E-state index is 11.5. The Balaban J connectivity index is 2.64. The summed E-state index contributed by atoms with van der Waals surface area (Å²) < 4.78 is 4.54. The predicted molar refractivity (Wildman–Crippen MR) is 57.4 cm³/mol. The van der Waals surface area contributed by atoms with Crippen molar-refractivity contribution < 1.29 is 19.2 Å². The Labute approximate surface area is 96.3 Å². The quantitative estimate of drug-likeness (QED) is 0.341. The lowest BCUT2D eigenvalue weighted by atomic mass is 10.1. The number of carbonyl (C=O) groups is 2. The van der Waals surface area contributed by atoms with Crippen molar-refractivity contribution in [1.82, 2.24) is 0 Å². The van der Waals surface area contributed by atoms with Gasteiger partial charge in [0.2, 0.25) is 0 Å². The number of nitrogens with zero attached hydrogens (tertiary/aromatic N) is 1. The van der Waals surface area contributed by atoms with E-state index >= 15 is 0 Å². The largest absolute Gasteiger partial charge is 0.456 e. The minimum atomic E-state index is -0.680. The van der Waals surface area contributed by atoms with Crippen LogP contribution in [0, 0.1) is 10.1 Å². The number of ketones is 1. The van der Waals surface area contributed by atoms with Crippen LogP contribution in [0.25, 0.3) is 0 Å². The van der Waals surface area contributed by atoms with Gasteiger partial charge < -0.3 is 10.5 Å². The van der Waals surface area contributed by atoms with Crippen LogP contribution in [0.3, 0.4) is 0 Å². The van der Waals surface area contributed by atoms with E-state index in [1.165, 1.54) is 24.3 Å². The van der Waals surface area contributed by atoms with Gasteiger partial charge in [-0.15, -0.1) is 0 Å². The zero-order valence-corrected chi connectivity index (χ0v) is 8.79. The summed E-state index contributed by atoms with van der Waals surface area (Å²) in [7, 11) is 0. The summed E-state index contributed by atoms with van der Waals surface area (Å²) in [6.45, 7) is -0.721. The molecule has 0 radical (unpaired) electrons. The summed E-state index contributed by atoms with van der Waals surface area (Å²) in [6.07, 6.45) is 0. The van der Waals surface area contributed by atoms with E-state index in [0.717, 1.165) is 0 Å². The molecule has 1 aromatic carbocycles. The number of esters is 1. The monoisotopic (exact) mass is 238 g/mol. The number of hydrogen-bond donors (Lipinski definition) is 1. The van der Waals surface area contributed by atoms with Gasteiger partial charge in [0.05, 0.1) is 11.5 Å². The van der Waals surface area contributed by atoms with Crippen molar-refractivity contribution in [1.29, 1.82) is 0 Å². The fraction of sp³-hybridized carbons (Fsp3) is 0.200. The van der Waals surface area contributed by atoms with Crippen molar-refractivity contribution in [3.8, 4) is 0 Å². The second-order valence-electron chi connectivity index (χ2n) is 3.09. The van der Waals surface area contributed by atoms with Crippen molar-refractivity contribution in [2.75, 3.05) is 13.2 Å². The van der Waals surface area contributed by atoms with Crippen molar-refractivity contribution in [2.45, 2.75) is 0 Å². The van der Waals surface area contributed by atoms with Crippen LogP contribution in [0.4, 0.5) is 5.69 Å². The highest BCUT2D eigenvalue weighted by atomic mass is 16.6. The van der Waals surface area contributed by atoms with E-state index in [-0.39, 0.29) is 17.8 Å². The van der Waals surface area contributed by atoms with Gasteiger partial charge >= 0.3 is 5.97 Å². The summed E-state index contributed by atoms with van der Waals surface area (Å²) in [6, 6.07) is 5.02. The van der Waals surface area contributed by atoms with Gasteiger partial charge in [0.25, 0.3) is 5.69 Å². The first-order valence-corrected chi connectivity index (χ1v) is 4.68. The van der Waals surface area contributed by atoms with Crippen LogP contribution < -0.4 is 5.73 Å². The normalized spacial score (nSPS) is 9.71. The molecule has 0 fully saturated rings. The Kier molecular flexibility index (Phi) is 4.29. The van der Waals surface area contributed by atoms with E-state index in [2.05, 4.69) is 4.74 Å². The molecule has 2 N–H and O–H groups in total. The molecule has 0 aliphatic rings. The molecule has 0 saturated carbocycles. The molecule has 1 aromatic rings. The molecule has 7 heteroatoms. The highest BCUT2D eigenvalue weighted by Gasteiger charge is 2.11. The number of nitrogens with two attached hydrogens (primary N) is 1. The zero-order valence-electron chi connectivity index (χ0n) is 8.79. The lowest BCUT2D eigenvalue weighted by molar-refractivity contribution is -0.384. The van der Waals surface area contributed by atoms with Gasteiger partial charge in [0, 0.05) is 17.7 Å². The number of nitro benzene ring substituents is 1. The van der Waals surface area contributed by atoms with E-state index in [4.69, 9.17) is 5.73 Å². The molecule has 0 aliphatic heterocycles. The number of Topliss-reactive ketones (excluding diaryl/α,β-unsaturated/α-hetero) is 1. The van der Waals surface area contributed by atoms with Crippen LogP contribution >= 0.6 is 0 Å². The van der Waals surface area contributed by atoms with Gasteiger partial charge in [-0.3, -0.25) is 19.7 Å². The Hall–Kier alpha value is -2.28. The summed E-state index contributed by atoms with van der Waals surface area (Å²) in [5.41, 5.74) is 5.12. The SMILES string of the molecule is NCC(=O)OCC(=O)c1ccc([N+](=O)[O-])cc1. The lowest BCUT2D eigenvalue weighted by Crippen LogP contribution is -2.20. The minimum absolute atomic E-state index is 0.111. The van der Waals surface area contributed by atoms with Crippen molar-refractivity contribution in [3.05, 3.63) is 39.9 Å². The first kappa shape index (κ1) is 12.8. The number of hydrogen-bond acceptors (Lipinski definition) is 6. The van der Waals surface area contributed by atoms with Crippen LogP contribution in [0.1, 0.15) is 10.4 Å². The van der Waals surface area contributed by atoms with Crippen LogP contribution in [0.5, 0.6) is 0 Å². The van der Waals surface area contributed by atoms with Crippen LogP contribution in [0.2, 0.25) is 0 Å². The molecule has 7 nitrogen and oxygen atoms in total. The topological polar surface area (TPSA) is 113 Å². The third-order valence-electron chi connectivity index (χ3n) is 1.93. The minimum Gasteiger partial charge on any atom is -0.456 e. The van der Waals surface area contributed by atoms with E-state index in [0.29, 0.717) is 0 Å². The molecule has 0 unspecified atom stereocenters. The van der Waals surface area contributed by atoms with E-state index in [1.54, 1.807) is 0 Å². The van der Waals surface area contributed by atoms with Crippen LogP contribution in [0.15, 0.2) is 24.3 Å². The summed E-state index contributed by atoms with van der Waals surface area (Å²) >= 11 is 0. The summed E-state index contributed by atoms with van der Waals surface area (Å²) in [5.74, 6) is -1.12. The van der Waals surface area contributed by atoms with Gasteiger partial charge in [-0.1, -0.05) is 0 Å². The fourth-order valence-electron chi connectivity index (χ4n) is 1.06. The Morgan fingerprint density at radius 1 is 1.29 bits per heavy atom. The fourth-order valence-corrected chi connectivity index (χ4v) is 1.06. The first-order chi connectivity index (χ1) is 8.04. The number of nitro groups is 1. The van der Waals surface area contributed by atoms with Gasteiger partial charge in [0.15, 0.2) is 12.4 Å². The average Bonchev–Trinajstić information content (AvgIpc) is 2.35.